The van der Waals surface area contributed by atoms with Gasteiger partial charge in [-0.25, -0.2) is 0 Å². The van der Waals surface area contributed by atoms with Crippen LogP contribution in [0.4, 0.5) is 5.69 Å². The highest BCUT2D eigenvalue weighted by Crippen LogP contribution is 2.25. The second kappa shape index (κ2) is 4.89. The summed E-state index contributed by atoms with van der Waals surface area (Å²) in [5.41, 5.74) is 1.31. The van der Waals surface area contributed by atoms with E-state index in [0.717, 1.165) is 5.69 Å². The summed E-state index contributed by atoms with van der Waals surface area (Å²) >= 11 is 3.31. The Balaban J connectivity index is 2.29. The molecule has 1 aromatic rings. The van der Waals surface area contributed by atoms with E-state index in [-0.39, 0.29) is 30.7 Å². The smallest absolute Gasteiger partial charge is 0.246 e. The highest BCUT2D eigenvalue weighted by atomic mass is 79.9. The molecule has 94 valence electrons. The van der Waals surface area contributed by atoms with Crippen LogP contribution < -0.4 is 10.2 Å². The van der Waals surface area contributed by atoms with Gasteiger partial charge in [0.2, 0.25) is 11.8 Å². The first-order chi connectivity index (χ1) is 8.47. The van der Waals surface area contributed by atoms with Crippen LogP contribution in [0.5, 0.6) is 0 Å². The number of carbonyl (C=O) groups excluding carboxylic acids is 3. The number of nitrogens with zero attached hydrogens (tertiary/aromatic N) is 1. The molecule has 18 heavy (non-hydrogen) atoms. The number of hydrogen-bond donors (Lipinski definition) is 1. The molecule has 0 aromatic heterocycles. The molecule has 5 nitrogen and oxygen atoms in total. The highest BCUT2D eigenvalue weighted by molar-refractivity contribution is 9.10. The molecule has 1 heterocycles. The molecule has 0 aliphatic carbocycles. The summed E-state index contributed by atoms with van der Waals surface area (Å²) in [4.78, 5) is 35.5. The first-order valence-corrected chi connectivity index (χ1v) is 6.15. The number of nitrogens with one attached hydrogen (secondary N) is 1. The second-order valence-electron chi connectivity index (χ2n) is 4.05. The number of hydrogen-bond acceptors (Lipinski definition) is 4. The van der Waals surface area contributed by atoms with Crippen molar-refractivity contribution in [2.75, 3.05) is 18.0 Å². The van der Waals surface area contributed by atoms with Gasteiger partial charge < -0.3 is 4.90 Å². The fraction of sp³-hybridized carbons (Fsp3) is 0.250. The molecule has 1 N–H and O–H groups in total. The van der Waals surface area contributed by atoms with Crippen LogP contribution in [0.3, 0.4) is 0 Å². The van der Waals surface area contributed by atoms with E-state index in [1.54, 1.807) is 23.1 Å². The quantitative estimate of drug-likeness (QED) is 0.656. The molecular weight excluding hydrogens is 300 g/mol. The summed E-state index contributed by atoms with van der Waals surface area (Å²) in [6, 6.07) is 5.15. The van der Waals surface area contributed by atoms with Crippen molar-refractivity contribution in [3.8, 4) is 0 Å². The maximum Gasteiger partial charge on any atom is 0.246 e. The van der Waals surface area contributed by atoms with E-state index in [1.165, 1.54) is 6.92 Å². The molecule has 0 unspecified atom stereocenters. The lowest BCUT2D eigenvalue weighted by molar-refractivity contribution is -0.130. The molecule has 0 bridgehead atoms. The average molecular weight is 311 g/mol. The monoisotopic (exact) mass is 310 g/mol. The van der Waals surface area contributed by atoms with Crippen molar-refractivity contribution in [3.05, 3.63) is 28.2 Å². The zero-order valence-electron chi connectivity index (χ0n) is 9.70. The first kappa shape index (κ1) is 12.8. The molecule has 0 radical (unpaired) electrons. The third-order valence-electron chi connectivity index (χ3n) is 2.64. The number of imide groups is 1. The van der Waals surface area contributed by atoms with Crippen LogP contribution in [-0.2, 0) is 9.59 Å². The fourth-order valence-electron chi connectivity index (χ4n) is 1.81. The van der Waals surface area contributed by atoms with Gasteiger partial charge in [0.15, 0.2) is 5.78 Å². The number of carbonyl (C=O) groups is 3. The van der Waals surface area contributed by atoms with Gasteiger partial charge in [0.05, 0.1) is 13.1 Å². The normalized spacial score (nSPS) is 15.6. The SMILES string of the molecule is CC(=O)c1ccc(N2CC(=O)NC(=O)C2)cc1Br. The Morgan fingerprint density at radius 2 is 1.89 bits per heavy atom. The molecule has 1 saturated heterocycles. The van der Waals surface area contributed by atoms with Gasteiger partial charge >= 0.3 is 0 Å². The Bertz CT molecular complexity index is 526. The molecule has 2 rings (SSSR count). The van der Waals surface area contributed by atoms with Crippen molar-refractivity contribution in [2.45, 2.75) is 6.92 Å². The summed E-state index contributed by atoms with van der Waals surface area (Å²) in [5.74, 6) is -0.683. The Labute approximate surface area is 112 Å². The maximum atomic E-state index is 11.3. The molecule has 1 aliphatic heterocycles. The number of benzene rings is 1. The number of amides is 2. The lowest BCUT2D eigenvalue weighted by Gasteiger charge is -2.27. The molecular formula is C12H11BrN2O3. The predicted molar refractivity (Wildman–Crippen MR) is 69.5 cm³/mol. The van der Waals surface area contributed by atoms with E-state index in [4.69, 9.17) is 0 Å². The zero-order valence-corrected chi connectivity index (χ0v) is 11.3. The molecule has 2 amide bonds. The van der Waals surface area contributed by atoms with Crippen molar-refractivity contribution >= 4 is 39.2 Å². The fourth-order valence-corrected chi connectivity index (χ4v) is 2.45. The van der Waals surface area contributed by atoms with Gasteiger partial charge in [-0.15, -0.1) is 0 Å². The number of anilines is 1. The molecule has 1 aromatic carbocycles. The summed E-state index contributed by atoms with van der Waals surface area (Å²) in [6.45, 7) is 1.76. The van der Waals surface area contributed by atoms with E-state index in [1.807, 2.05) is 0 Å². The van der Waals surface area contributed by atoms with Crippen LogP contribution in [0.25, 0.3) is 0 Å². The first-order valence-electron chi connectivity index (χ1n) is 5.35. The van der Waals surface area contributed by atoms with Gasteiger partial charge in [0.1, 0.15) is 0 Å². The molecule has 0 saturated carbocycles. The Hall–Kier alpha value is -1.69. The van der Waals surface area contributed by atoms with Crippen LogP contribution in [-0.4, -0.2) is 30.7 Å². The van der Waals surface area contributed by atoms with Crippen LogP contribution in [0.15, 0.2) is 22.7 Å². The van der Waals surface area contributed by atoms with Crippen molar-refractivity contribution in [1.82, 2.24) is 5.32 Å². The van der Waals surface area contributed by atoms with Gasteiger partial charge in [0, 0.05) is 15.7 Å². The minimum absolute atomic E-state index is 0.0408. The largest absolute Gasteiger partial charge is 0.353 e. The summed E-state index contributed by atoms with van der Waals surface area (Å²) < 4.78 is 0.658. The number of Topliss-reactive ketones (excluding diaryl/α,β-unsaturated/α-hetero) is 1. The van der Waals surface area contributed by atoms with Crippen molar-refractivity contribution < 1.29 is 14.4 Å². The third kappa shape index (κ3) is 2.59. The van der Waals surface area contributed by atoms with E-state index >= 15 is 0 Å². The molecule has 1 fully saturated rings. The van der Waals surface area contributed by atoms with Crippen LogP contribution >= 0.6 is 15.9 Å². The summed E-state index contributed by atoms with van der Waals surface area (Å²) in [7, 11) is 0. The van der Waals surface area contributed by atoms with Crippen molar-refractivity contribution in [1.29, 1.82) is 0 Å². The second-order valence-corrected chi connectivity index (χ2v) is 4.90. The Morgan fingerprint density at radius 1 is 1.28 bits per heavy atom. The zero-order chi connectivity index (χ0) is 13.3. The Morgan fingerprint density at radius 3 is 2.39 bits per heavy atom. The minimum Gasteiger partial charge on any atom is -0.353 e. The third-order valence-corrected chi connectivity index (χ3v) is 3.30. The van der Waals surface area contributed by atoms with Gasteiger partial charge in [-0.05, 0) is 41.1 Å². The van der Waals surface area contributed by atoms with E-state index < -0.39 is 0 Å². The predicted octanol–water partition coefficient (Wildman–Crippen LogP) is 1.11. The molecule has 0 spiro atoms. The van der Waals surface area contributed by atoms with Crippen LogP contribution in [0.2, 0.25) is 0 Å². The van der Waals surface area contributed by atoms with Gasteiger partial charge in [0.25, 0.3) is 0 Å². The average Bonchev–Trinajstić information content (AvgIpc) is 2.26. The standard InChI is InChI=1S/C12H11BrN2O3/c1-7(16)9-3-2-8(4-10(9)13)15-5-11(17)14-12(18)6-15/h2-4H,5-6H2,1H3,(H,14,17,18). The summed E-state index contributed by atoms with van der Waals surface area (Å²) in [6.07, 6.45) is 0. The molecule has 6 heteroatoms. The van der Waals surface area contributed by atoms with Gasteiger partial charge in [-0.3, -0.25) is 19.7 Å². The maximum absolute atomic E-state index is 11.3. The molecule has 0 atom stereocenters. The Kier molecular flexibility index (Phi) is 3.47. The van der Waals surface area contributed by atoms with Crippen LogP contribution in [0, 0.1) is 0 Å². The van der Waals surface area contributed by atoms with E-state index in [9.17, 15) is 14.4 Å². The minimum atomic E-state index is -0.321. The lowest BCUT2D eigenvalue weighted by atomic mass is 10.1. The topological polar surface area (TPSA) is 66.5 Å². The van der Waals surface area contributed by atoms with E-state index in [2.05, 4.69) is 21.2 Å². The van der Waals surface area contributed by atoms with Crippen LogP contribution in [0.1, 0.15) is 17.3 Å². The summed E-state index contributed by atoms with van der Waals surface area (Å²) in [5, 5.41) is 2.24. The highest BCUT2D eigenvalue weighted by Gasteiger charge is 2.23. The number of ketones is 1. The van der Waals surface area contributed by atoms with Crippen molar-refractivity contribution in [2.24, 2.45) is 0 Å². The number of halogens is 1. The van der Waals surface area contributed by atoms with Gasteiger partial charge in [-0.1, -0.05) is 0 Å². The number of piperazine rings is 1. The lowest BCUT2D eigenvalue weighted by Crippen LogP contribution is -2.51. The van der Waals surface area contributed by atoms with Crippen molar-refractivity contribution in [3.63, 3.8) is 0 Å². The number of rotatable bonds is 2. The molecule has 1 aliphatic rings. The van der Waals surface area contributed by atoms with Gasteiger partial charge in [-0.2, -0.15) is 0 Å². The van der Waals surface area contributed by atoms with E-state index in [0.29, 0.717) is 10.0 Å².